The Morgan fingerprint density at radius 2 is 1.78 bits per heavy atom. The lowest BCUT2D eigenvalue weighted by molar-refractivity contribution is -0.118. The molecular formula is C17H16N2O4. The number of ether oxygens (including phenoxy) is 3. The zero-order valence-corrected chi connectivity index (χ0v) is 12.8. The number of anilines is 1. The molecule has 0 fully saturated rings. The molecule has 0 aliphatic carbocycles. The Bertz CT molecular complexity index is 720. The maximum absolute atomic E-state index is 11.9. The van der Waals surface area contributed by atoms with Gasteiger partial charge < -0.3 is 19.5 Å². The van der Waals surface area contributed by atoms with Gasteiger partial charge in [-0.15, -0.1) is 0 Å². The standard InChI is InChI=1S/C17H16N2O4/c1-21-14-4-3-5-15(17(14)22-2)23-11-16(20)19-13-8-6-12(10-18)7-9-13/h3-9H,11H2,1-2H3,(H,19,20). The minimum atomic E-state index is -0.320. The number of benzene rings is 2. The first-order valence-electron chi connectivity index (χ1n) is 6.81. The molecule has 6 heteroatoms. The zero-order chi connectivity index (χ0) is 16.7. The molecule has 2 rings (SSSR count). The molecule has 1 amide bonds. The molecule has 0 atom stereocenters. The number of hydrogen-bond acceptors (Lipinski definition) is 5. The van der Waals surface area contributed by atoms with Crippen molar-refractivity contribution in [3.63, 3.8) is 0 Å². The molecule has 0 aliphatic heterocycles. The van der Waals surface area contributed by atoms with Gasteiger partial charge in [-0.25, -0.2) is 0 Å². The summed E-state index contributed by atoms with van der Waals surface area (Å²) in [7, 11) is 3.03. The van der Waals surface area contributed by atoms with E-state index in [-0.39, 0.29) is 12.5 Å². The van der Waals surface area contributed by atoms with Crippen LogP contribution in [0.15, 0.2) is 42.5 Å². The summed E-state index contributed by atoms with van der Waals surface area (Å²) < 4.78 is 15.9. The Labute approximate surface area is 134 Å². The van der Waals surface area contributed by atoms with E-state index >= 15 is 0 Å². The van der Waals surface area contributed by atoms with Crippen LogP contribution < -0.4 is 19.5 Å². The van der Waals surface area contributed by atoms with Crippen molar-refractivity contribution in [2.45, 2.75) is 0 Å². The highest BCUT2D eigenvalue weighted by Gasteiger charge is 2.12. The average Bonchev–Trinajstić information content (AvgIpc) is 2.60. The number of rotatable bonds is 6. The number of methoxy groups -OCH3 is 2. The van der Waals surface area contributed by atoms with Crippen LogP contribution in [0.5, 0.6) is 17.2 Å². The second-order valence-electron chi connectivity index (χ2n) is 4.52. The van der Waals surface area contributed by atoms with E-state index in [4.69, 9.17) is 19.5 Å². The Kier molecular flexibility index (Phi) is 5.42. The van der Waals surface area contributed by atoms with E-state index in [9.17, 15) is 4.79 Å². The van der Waals surface area contributed by atoms with Crippen LogP contribution in [0.2, 0.25) is 0 Å². The second kappa shape index (κ2) is 7.71. The molecule has 0 radical (unpaired) electrons. The molecule has 0 bridgehead atoms. The van der Waals surface area contributed by atoms with Crippen molar-refractivity contribution in [2.75, 3.05) is 26.1 Å². The molecule has 0 saturated carbocycles. The lowest BCUT2D eigenvalue weighted by Gasteiger charge is -2.13. The molecule has 0 spiro atoms. The monoisotopic (exact) mass is 312 g/mol. The molecule has 118 valence electrons. The molecule has 23 heavy (non-hydrogen) atoms. The third kappa shape index (κ3) is 4.14. The number of para-hydroxylation sites is 1. The van der Waals surface area contributed by atoms with Crippen LogP contribution in [-0.2, 0) is 4.79 Å². The van der Waals surface area contributed by atoms with Gasteiger partial charge in [0.15, 0.2) is 18.1 Å². The van der Waals surface area contributed by atoms with E-state index < -0.39 is 0 Å². The van der Waals surface area contributed by atoms with E-state index in [0.717, 1.165) is 0 Å². The maximum atomic E-state index is 11.9. The predicted molar refractivity (Wildman–Crippen MR) is 84.8 cm³/mol. The quantitative estimate of drug-likeness (QED) is 0.886. The first-order chi connectivity index (χ1) is 11.2. The first-order valence-corrected chi connectivity index (χ1v) is 6.81. The van der Waals surface area contributed by atoms with Crippen molar-refractivity contribution in [2.24, 2.45) is 0 Å². The summed E-state index contributed by atoms with van der Waals surface area (Å²) in [4.78, 5) is 11.9. The highest BCUT2D eigenvalue weighted by atomic mass is 16.5. The second-order valence-corrected chi connectivity index (χ2v) is 4.52. The molecule has 2 aromatic carbocycles. The number of nitriles is 1. The highest BCUT2D eigenvalue weighted by molar-refractivity contribution is 5.91. The van der Waals surface area contributed by atoms with Gasteiger partial charge in [0, 0.05) is 5.69 Å². The van der Waals surface area contributed by atoms with Crippen LogP contribution in [0.1, 0.15) is 5.56 Å². The topological polar surface area (TPSA) is 80.6 Å². The summed E-state index contributed by atoms with van der Waals surface area (Å²) >= 11 is 0. The highest BCUT2D eigenvalue weighted by Crippen LogP contribution is 2.36. The fourth-order valence-electron chi connectivity index (χ4n) is 1.94. The van der Waals surface area contributed by atoms with Crippen LogP contribution in [-0.4, -0.2) is 26.7 Å². The Morgan fingerprint density at radius 3 is 2.39 bits per heavy atom. The average molecular weight is 312 g/mol. The van der Waals surface area contributed by atoms with E-state index in [1.165, 1.54) is 14.2 Å². The number of amides is 1. The van der Waals surface area contributed by atoms with E-state index in [1.54, 1.807) is 42.5 Å². The molecule has 6 nitrogen and oxygen atoms in total. The van der Waals surface area contributed by atoms with Crippen LogP contribution in [0.4, 0.5) is 5.69 Å². The lowest BCUT2D eigenvalue weighted by Crippen LogP contribution is -2.20. The number of hydrogen-bond donors (Lipinski definition) is 1. The van der Waals surface area contributed by atoms with E-state index in [2.05, 4.69) is 5.32 Å². The van der Waals surface area contributed by atoms with E-state index in [0.29, 0.717) is 28.5 Å². The summed E-state index contributed by atoms with van der Waals surface area (Å²) in [5.41, 5.74) is 1.12. The van der Waals surface area contributed by atoms with Gasteiger partial charge in [0.25, 0.3) is 5.91 Å². The largest absolute Gasteiger partial charge is 0.493 e. The molecule has 0 aliphatic rings. The van der Waals surface area contributed by atoms with Gasteiger partial charge in [-0.05, 0) is 36.4 Å². The number of carbonyl (C=O) groups excluding carboxylic acids is 1. The predicted octanol–water partition coefficient (Wildman–Crippen LogP) is 2.59. The van der Waals surface area contributed by atoms with Crippen molar-refractivity contribution in [3.8, 4) is 23.3 Å². The molecule has 2 aromatic rings. The minimum Gasteiger partial charge on any atom is -0.493 e. The van der Waals surface area contributed by atoms with Gasteiger partial charge >= 0.3 is 0 Å². The van der Waals surface area contributed by atoms with Crippen molar-refractivity contribution >= 4 is 11.6 Å². The van der Waals surface area contributed by atoms with Gasteiger partial charge in [0.2, 0.25) is 5.75 Å². The van der Waals surface area contributed by atoms with Crippen molar-refractivity contribution < 1.29 is 19.0 Å². The summed E-state index contributed by atoms with van der Waals surface area (Å²) in [5, 5.41) is 11.4. The third-order valence-electron chi connectivity index (χ3n) is 3.02. The molecule has 1 N–H and O–H groups in total. The van der Waals surface area contributed by atoms with E-state index in [1.807, 2.05) is 6.07 Å². The van der Waals surface area contributed by atoms with Gasteiger partial charge in [-0.3, -0.25) is 4.79 Å². The lowest BCUT2D eigenvalue weighted by atomic mass is 10.2. The molecular weight excluding hydrogens is 296 g/mol. The number of nitrogens with one attached hydrogen (secondary N) is 1. The molecule has 0 heterocycles. The van der Waals surface area contributed by atoms with Gasteiger partial charge in [-0.1, -0.05) is 6.07 Å². The van der Waals surface area contributed by atoms with Crippen LogP contribution in [0.3, 0.4) is 0 Å². The molecule has 0 unspecified atom stereocenters. The Morgan fingerprint density at radius 1 is 1.09 bits per heavy atom. The SMILES string of the molecule is COc1cccc(OCC(=O)Nc2ccc(C#N)cc2)c1OC. The summed E-state index contributed by atoms with van der Waals surface area (Å²) in [5.74, 6) is 1.06. The van der Waals surface area contributed by atoms with Crippen LogP contribution in [0.25, 0.3) is 0 Å². The minimum absolute atomic E-state index is 0.177. The zero-order valence-electron chi connectivity index (χ0n) is 12.8. The van der Waals surface area contributed by atoms with Crippen molar-refractivity contribution in [1.29, 1.82) is 5.26 Å². The first kappa shape index (κ1) is 16.2. The van der Waals surface area contributed by atoms with Gasteiger partial charge in [0.05, 0.1) is 25.9 Å². The summed E-state index contributed by atoms with van der Waals surface area (Å²) in [6, 6.07) is 13.8. The van der Waals surface area contributed by atoms with Gasteiger partial charge in [-0.2, -0.15) is 5.26 Å². The normalized spacial score (nSPS) is 9.61. The summed E-state index contributed by atoms with van der Waals surface area (Å²) in [6.07, 6.45) is 0. The number of carbonyl (C=O) groups is 1. The van der Waals surface area contributed by atoms with Gasteiger partial charge in [0.1, 0.15) is 0 Å². The van der Waals surface area contributed by atoms with Crippen LogP contribution >= 0.6 is 0 Å². The molecule has 0 aromatic heterocycles. The molecule has 0 saturated heterocycles. The fourth-order valence-corrected chi connectivity index (χ4v) is 1.94. The number of nitrogens with zero attached hydrogens (tertiary/aromatic N) is 1. The fraction of sp³-hybridized carbons (Fsp3) is 0.176. The Balaban J connectivity index is 1.98. The summed E-state index contributed by atoms with van der Waals surface area (Å²) in [6.45, 7) is -0.177. The maximum Gasteiger partial charge on any atom is 0.262 e. The Hall–Kier alpha value is -3.20. The smallest absolute Gasteiger partial charge is 0.262 e. The van der Waals surface area contributed by atoms with Crippen molar-refractivity contribution in [3.05, 3.63) is 48.0 Å². The third-order valence-corrected chi connectivity index (χ3v) is 3.02. The van der Waals surface area contributed by atoms with Crippen molar-refractivity contribution in [1.82, 2.24) is 0 Å². The van der Waals surface area contributed by atoms with Crippen LogP contribution in [0, 0.1) is 11.3 Å².